The Morgan fingerprint density at radius 1 is 1.60 bits per heavy atom. The van der Waals surface area contributed by atoms with Crippen LogP contribution in [0.4, 0.5) is 0 Å². The number of carboxylic acid groups (broad SMARTS) is 1. The molecule has 5 heteroatoms. The quantitative estimate of drug-likeness (QED) is 0.779. The molecule has 1 rings (SSSR count). The molecule has 1 N–H and O–H groups in total. The molecule has 0 bridgehead atoms. The minimum absolute atomic E-state index is 0.240. The van der Waals surface area contributed by atoms with Crippen molar-refractivity contribution in [1.29, 1.82) is 0 Å². The first-order valence-corrected chi connectivity index (χ1v) is 5.94. The molecule has 1 atom stereocenters. The second-order valence-electron chi connectivity index (χ2n) is 3.90. The van der Waals surface area contributed by atoms with Gasteiger partial charge >= 0.3 is 5.97 Å². The summed E-state index contributed by atoms with van der Waals surface area (Å²) in [6, 6.07) is 0. The molecule has 0 radical (unpaired) electrons. The topological polar surface area (TPSA) is 55.8 Å². The van der Waals surface area contributed by atoms with Crippen molar-refractivity contribution in [3.05, 3.63) is 0 Å². The molecule has 1 aliphatic rings. The van der Waals surface area contributed by atoms with Gasteiger partial charge in [-0.1, -0.05) is 0 Å². The van der Waals surface area contributed by atoms with Crippen molar-refractivity contribution in [3.8, 4) is 0 Å². The predicted octanol–water partition coefficient (Wildman–Crippen LogP) is 1.39. The smallest absolute Gasteiger partial charge is 0.321 e. The van der Waals surface area contributed by atoms with Crippen LogP contribution < -0.4 is 0 Å². The highest BCUT2D eigenvalue weighted by Gasteiger charge is 2.37. The predicted molar refractivity (Wildman–Crippen MR) is 59.3 cm³/mol. The van der Waals surface area contributed by atoms with Crippen LogP contribution in [0.1, 0.15) is 19.8 Å². The Kier molecular flexibility index (Phi) is 4.89. The molecule has 0 spiro atoms. The zero-order valence-corrected chi connectivity index (χ0v) is 10.0. The molecule has 0 aromatic carbocycles. The van der Waals surface area contributed by atoms with E-state index in [0.717, 1.165) is 26.1 Å². The van der Waals surface area contributed by atoms with Crippen molar-refractivity contribution in [2.24, 2.45) is 0 Å². The van der Waals surface area contributed by atoms with Gasteiger partial charge in [0.1, 0.15) is 4.75 Å². The number of carbonyl (C=O) groups is 1. The number of carboxylic acids is 1. The first kappa shape index (κ1) is 12.8. The molecule has 1 heterocycles. The van der Waals surface area contributed by atoms with Gasteiger partial charge < -0.3 is 14.6 Å². The molecule has 4 nitrogen and oxygen atoms in total. The van der Waals surface area contributed by atoms with Crippen LogP contribution in [-0.2, 0) is 14.3 Å². The van der Waals surface area contributed by atoms with E-state index in [1.165, 1.54) is 18.9 Å². The van der Waals surface area contributed by atoms with Crippen LogP contribution in [0.15, 0.2) is 0 Å². The summed E-state index contributed by atoms with van der Waals surface area (Å²) in [4.78, 5) is 11.2. The van der Waals surface area contributed by atoms with E-state index in [0.29, 0.717) is 5.25 Å². The lowest BCUT2D eigenvalue weighted by molar-refractivity contribution is -0.140. The molecule has 1 fully saturated rings. The van der Waals surface area contributed by atoms with Crippen LogP contribution in [0.3, 0.4) is 0 Å². The summed E-state index contributed by atoms with van der Waals surface area (Å²) in [5.74, 6) is -0.805. The third kappa shape index (κ3) is 3.66. The Labute approximate surface area is 94.3 Å². The van der Waals surface area contributed by atoms with E-state index in [1.54, 1.807) is 6.92 Å². The number of methoxy groups -OCH3 is 1. The summed E-state index contributed by atoms with van der Waals surface area (Å²) in [5.41, 5.74) is 0. The Balaban J connectivity index is 2.52. The highest BCUT2D eigenvalue weighted by atomic mass is 32.2. The lowest BCUT2D eigenvalue weighted by Crippen LogP contribution is -2.39. The van der Waals surface area contributed by atoms with Crippen LogP contribution in [-0.4, -0.2) is 48.0 Å². The number of hydrogen-bond acceptors (Lipinski definition) is 4. The molecule has 0 amide bonds. The van der Waals surface area contributed by atoms with Crippen LogP contribution in [0, 0.1) is 0 Å². The van der Waals surface area contributed by atoms with Gasteiger partial charge in [0.05, 0.1) is 6.61 Å². The van der Waals surface area contributed by atoms with Crippen LogP contribution in [0.2, 0.25) is 0 Å². The molecular weight excluding hydrogens is 216 g/mol. The monoisotopic (exact) mass is 234 g/mol. The second kappa shape index (κ2) is 5.72. The van der Waals surface area contributed by atoms with Gasteiger partial charge in [-0.2, -0.15) is 0 Å². The molecule has 0 saturated carbocycles. The number of thioether (sulfide) groups is 1. The molecule has 1 saturated heterocycles. The first-order chi connectivity index (χ1) is 7.08. The summed E-state index contributed by atoms with van der Waals surface area (Å²) in [5, 5.41) is 9.53. The highest BCUT2D eigenvalue weighted by molar-refractivity contribution is 8.02. The third-order valence-corrected chi connectivity index (χ3v) is 4.08. The standard InChI is InChI=1S/C10H18O4S/c1-10(7-13-2,9(11)12)15-8-3-5-14-6-4-8/h8H,3-7H2,1-2H3,(H,11,12). The van der Waals surface area contributed by atoms with E-state index >= 15 is 0 Å². The van der Waals surface area contributed by atoms with E-state index < -0.39 is 10.7 Å². The zero-order chi connectivity index (χ0) is 11.3. The maximum atomic E-state index is 11.2. The molecule has 1 unspecified atom stereocenters. The number of rotatable bonds is 5. The Bertz CT molecular complexity index is 215. The number of hydrogen-bond donors (Lipinski definition) is 1. The van der Waals surface area contributed by atoms with Crippen LogP contribution in [0.5, 0.6) is 0 Å². The minimum atomic E-state index is -0.837. The van der Waals surface area contributed by atoms with Crippen molar-refractivity contribution in [1.82, 2.24) is 0 Å². The third-order valence-electron chi connectivity index (χ3n) is 2.47. The SMILES string of the molecule is COCC(C)(SC1CCOCC1)C(=O)O. The van der Waals surface area contributed by atoms with Crippen molar-refractivity contribution in [3.63, 3.8) is 0 Å². The van der Waals surface area contributed by atoms with Crippen LogP contribution in [0.25, 0.3) is 0 Å². The zero-order valence-electron chi connectivity index (χ0n) is 9.19. The first-order valence-electron chi connectivity index (χ1n) is 5.06. The van der Waals surface area contributed by atoms with E-state index in [-0.39, 0.29) is 6.61 Å². The minimum Gasteiger partial charge on any atom is -0.480 e. The number of ether oxygens (including phenoxy) is 2. The lowest BCUT2D eigenvalue weighted by atomic mass is 10.2. The molecule has 0 aromatic heterocycles. The molecule has 15 heavy (non-hydrogen) atoms. The summed E-state index contributed by atoms with van der Waals surface area (Å²) in [6.07, 6.45) is 1.86. The van der Waals surface area contributed by atoms with E-state index in [2.05, 4.69) is 0 Å². The summed E-state index contributed by atoms with van der Waals surface area (Å²) in [7, 11) is 1.53. The maximum Gasteiger partial charge on any atom is 0.321 e. The van der Waals surface area contributed by atoms with E-state index in [9.17, 15) is 4.79 Å². The largest absolute Gasteiger partial charge is 0.480 e. The fourth-order valence-corrected chi connectivity index (χ4v) is 3.03. The average Bonchev–Trinajstić information content (AvgIpc) is 2.19. The van der Waals surface area contributed by atoms with Gasteiger partial charge in [-0.25, -0.2) is 0 Å². The van der Waals surface area contributed by atoms with Crippen LogP contribution >= 0.6 is 11.8 Å². The van der Waals surface area contributed by atoms with Gasteiger partial charge in [0, 0.05) is 25.6 Å². The molecule has 88 valence electrons. The maximum absolute atomic E-state index is 11.2. The fraction of sp³-hybridized carbons (Fsp3) is 0.900. The van der Waals surface area contributed by atoms with Gasteiger partial charge in [-0.3, -0.25) is 4.79 Å². The Morgan fingerprint density at radius 3 is 2.67 bits per heavy atom. The van der Waals surface area contributed by atoms with Gasteiger partial charge in [0.2, 0.25) is 0 Å². The summed E-state index contributed by atoms with van der Waals surface area (Å²) >= 11 is 1.50. The van der Waals surface area contributed by atoms with E-state index in [4.69, 9.17) is 14.6 Å². The lowest BCUT2D eigenvalue weighted by Gasteiger charge is -2.30. The molecule has 1 aliphatic heterocycles. The van der Waals surface area contributed by atoms with Gasteiger partial charge in [0.25, 0.3) is 0 Å². The van der Waals surface area contributed by atoms with Gasteiger partial charge in [-0.15, -0.1) is 11.8 Å². The summed E-state index contributed by atoms with van der Waals surface area (Å²) < 4.78 is 9.38. The fourth-order valence-electron chi connectivity index (χ4n) is 1.58. The normalized spacial score (nSPS) is 22.3. The Hall–Kier alpha value is -0.260. The van der Waals surface area contributed by atoms with Crippen molar-refractivity contribution < 1.29 is 19.4 Å². The molecule has 0 aromatic rings. The Morgan fingerprint density at radius 2 is 2.20 bits per heavy atom. The van der Waals surface area contributed by atoms with Crippen molar-refractivity contribution in [2.45, 2.75) is 29.8 Å². The summed E-state index contributed by atoms with van der Waals surface area (Å²) in [6.45, 7) is 3.43. The molecule has 0 aliphatic carbocycles. The average molecular weight is 234 g/mol. The van der Waals surface area contributed by atoms with Gasteiger partial charge in [0.15, 0.2) is 0 Å². The highest BCUT2D eigenvalue weighted by Crippen LogP contribution is 2.34. The molecular formula is C10H18O4S. The van der Waals surface area contributed by atoms with E-state index in [1.807, 2.05) is 0 Å². The number of aliphatic carboxylic acids is 1. The second-order valence-corrected chi connectivity index (χ2v) is 5.70. The van der Waals surface area contributed by atoms with Gasteiger partial charge in [-0.05, 0) is 19.8 Å². The van der Waals surface area contributed by atoms with Crippen molar-refractivity contribution >= 4 is 17.7 Å². The van der Waals surface area contributed by atoms with Crippen molar-refractivity contribution in [2.75, 3.05) is 26.9 Å².